The third-order valence-corrected chi connectivity index (χ3v) is 4.45. The van der Waals surface area contributed by atoms with Crippen LogP contribution in [0.4, 0.5) is 5.69 Å². The summed E-state index contributed by atoms with van der Waals surface area (Å²) in [4.78, 5) is 16.8. The highest BCUT2D eigenvalue weighted by atomic mass is 16.5. The number of nitrogens with zero attached hydrogens (tertiary/aromatic N) is 3. The summed E-state index contributed by atoms with van der Waals surface area (Å²) in [5, 5.41) is 11.9. The highest BCUT2D eigenvalue weighted by molar-refractivity contribution is 5.92. The Morgan fingerprint density at radius 2 is 1.97 bits per heavy atom. The van der Waals surface area contributed by atoms with Crippen molar-refractivity contribution in [1.82, 2.24) is 9.38 Å². The monoisotopic (exact) mass is 382 g/mol. The fourth-order valence-corrected chi connectivity index (χ4v) is 2.97. The Bertz CT molecular complexity index is 1220. The van der Waals surface area contributed by atoms with Gasteiger partial charge in [0.2, 0.25) is 0 Å². The molecule has 0 spiro atoms. The molecule has 6 heteroatoms. The number of fused-ring (bicyclic) bond motifs is 1. The quantitative estimate of drug-likeness (QED) is 0.561. The number of amides is 1. The number of hydrogen-bond donors (Lipinski definition) is 1. The molecule has 0 unspecified atom stereocenters. The average Bonchev–Trinajstić information content (AvgIpc) is 3.16. The minimum absolute atomic E-state index is 0.174. The average molecular weight is 382 g/mol. The molecular weight excluding hydrogens is 364 g/mol. The molecule has 0 saturated carbocycles. The molecule has 2 heterocycles. The van der Waals surface area contributed by atoms with Crippen molar-refractivity contribution >= 4 is 17.2 Å². The zero-order valence-corrected chi connectivity index (χ0v) is 15.8. The number of anilines is 1. The predicted molar refractivity (Wildman–Crippen MR) is 111 cm³/mol. The molecular formula is C23H18N4O2. The van der Waals surface area contributed by atoms with E-state index in [-0.39, 0.29) is 12.5 Å². The van der Waals surface area contributed by atoms with Crippen LogP contribution in [0.2, 0.25) is 0 Å². The first-order chi connectivity index (χ1) is 14.1. The van der Waals surface area contributed by atoms with Crippen molar-refractivity contribution in [3.05, 3.63) is 84.2 Å². The number of nitrogens with one attached hydrogen (secondary N) is 1. The zero-order chi connectivity index (χ0) is 20.2. The summed E-state index contributed by atoms with van der Waals surface area (Å²) in [7, 11) is 0. The van der Waals surface area contributed by atoms with Crippen LogP contribution in [0.15, 0.2) is 73.1 Å². The molecule has 0 aliphatic heterocycles. The Morgan fingerprint density at radius 1 is 1.17 bits per heavy atom. The number of carbonyl (C=O) groups is 1. The topological polar surface area (TPSA) is 79.4 Å². The van der Waals surface area contributed by atoms with E-state index < -0.39 is 0 Å². The number of hydrogen-bond acceptors (Lipinski definition) is 4. The SMILES string of the molecule is Cc1ccn2cc(-c3ccc(NC(=O)COc4ccccc4C#N)cc3)nc2c1. The lowest BCUT2D eigenvalue weighted by Gasteiger charge is -2.09. The van der Waals surface area contributed by atoms with Gasteiger partial charge >= 0.3 is 0 Å². The predicted octanol–water partition coefficient (Wildman–Crippen LogP) is 4.20. The summed E-state index contributed by atoms with van der Waals surface area (Å²) >= 11 is 0. The molecule has 2 aromatic carbocycles. The molecule has 2 aromatic heterocycles. The van der Waals surface area contributed by atoms with Gasteiger partial charge in [-0.1, -0.05) is 24.3 Å². The van der Waals surface area contributed by atoms with E-state index in [1.54, 1.807) is 24.3 Å². The number of nitriles is 1. The van der Waals surface area contributed by atoms with Gasteiger partial charge in [-0.3, -0.25) is 4.79 Å². The number of aryl methyl sites for hydroxylation is 1. The Kier molecular flexibility index (Phi) is 4.95. The Morgan fingerprint density at radius 3 is 2.76 bits per heavy atom. The second-order valence-corrected chi connectivity index (χ2v) is 6.62. The Labute approximate surface area is 168 Å². The van der Waals surface area contributed by atoms with Crippen LogP contribution in [-0.4, -0.2) is 21.9 Å². The van der Waals surface area contributed by atoms with Gasteiger partial charge in [-0.25, -0.2) is 4.98 Å². The van der Waals surface area contributed by atoms with Crippen LogP contribution in [0.25, 0.3) is 16.9 Å². The first-order valence-electron chi connectivity index (χ1n) is 9.10. The van der Waals surface area contributed by atoms with Crippen LogP contribution in [0.1, 0.15) is 11.1 Å². The van der Waals surface area contributed by atoms with Crippen molar-refractivity contribution in [2.24, 2.45) is 0 Å². The van der Waals surface area contributed by atoms with Gasteiger partial charge in [0.1, 0.15) is 17.5 Å². The molecule has 0 radical (unpaired) electrons. The highest BCUT2D eigenvalue weighted by Gasteiger charge is 2.08. The maximum Gasteiger partial charge on any atom is 0.262 e. The lowest BCUT2D eigenvalue weighted by atomic mass is 10.1. The molecule has 0 bridgehead atoms. The maximum absolute atomic E-state index is 12.2. The number of aromatic nitrogens is 2. The third-order valence-electron chi connectivity index (χ3n) is 4.45. The molecule has 4 rings (SSSR count). The standard InChI is InChI=1S/C23H18N4O2/c1-16-10-11-27-14-20(26-22(27)12-16)17-6-8-19(9-7-17)25-23(28)15-29-21-5-3-2-4-18(21)13-24/h2-12,14H,15H2,1H3,(H,25,28). The van der Waals surface area contributed by atoms with Crippen molar-refractivity contribution in [1.29, 1.82) is 5.26 Å². The van der Waals surface area contributed by atoms with E-state index in [0.717, 1.165) is 22.5 Å². The van der Waals surface area contributed by atoms with E-state index in [1.165, 1.54) is 0 Å². The minimum Gasteiger partial charge on any atom is -0.482 e. The highest BCUT2D eigenvalue weighted by Crippen LogP contribution is 2.22. The van der Waals surface area contributed by atoms with E-state index in [4.69, 9.17) is 10.00 Å². The molecule has 0 fully saturated rings. The van der Waals surface area contributed by atoms with Gasteiger partial charge in [-0.2, -0.15) is 5.26 Å². The number of para-hydroxylation sites is 1. The first kappa shape index (κ1) is 18.3. The van der Waals surface area contributed by atoms with Crippen molar-refractivity contribution in [2.45, 2.75) is 6.92 Å². The van der Waals surface area contributed by atoms with Crippen LogP contribution in [0, 0.1) is 18.3 Å². The molecule has 4 aromatic rings. The summed E-state index contributed by atoms with van der Waals surface area (Å²) in [6.07, 6.45) is 3.96. The summed E-state index contributed by atoms with van der Waals surface area (Å²) in [5.74, 6) is 0.0938. The van der Waals surface area contributed by atoms with E-state index in [1.807, 2.05) is 66.2 Å². The largest absolute Gasteiger partial charge is 0.482 e. The molecule has 6 nitrogen and oxygen atoms in total. The first-order valence-corrected chi connectivity index (χ1v) is 9.10. The van der Waals surface area contributed by atoms with Crippen LogP contribution in [0.5, 0.6) is 5.75 Å². The summed E-state index contributed by atoms with van der Waals surface area (Å²) in [5.41, 5.74) is 4.94. The van der Waals surface area contributed by atoms with Crippen molar-refractivity contribution in [2.75, 3.05) is 11.9 Å². The second kappa shape index (κ2) is 7.87. The van der Waals surface area contributed by atoms with Crippen LogP contribution in [0.3, 0.4) is 0 Å². The molecule has 0 aliphatic carbocycles. The fourth-order valence-electron chi connectivity index (χ4n) is 2.97. The van der Waals surface area contributed by atoms with Gasteiger partial charge in [-0.05, 0) is 48.9 Å². The number of ether oxygens (including phenoxy) is 1. The summed E-state index contributed by atoms with van der Waals surface area (Å²) in [6, 6.07) is 20.4. The van der Waals surface area contributed by atoms with Crippen molar-refractivity contribution in [3.63, 3.8) is 0 Å². The lowest BCUT2D eigenvalue weighted by molar-refractivity contribution is -0.118. The molecule has 1 N–H and O–H groups in total. The molecule has 29 heavy (non-hydrogen) atoms. The molecule has 1 amide bonds. The number of rotatable bonds is 5. The zero-order valence-electron chi connectivity index (χ0n) is 15.8. The number of imidazole rings is 1. The Balaban J connectivity index is 1.41. The molecule has 0 saturated heterocycles. The normalized spacial score (nSPS) is 10.5. The molecule has 142 valence electrons. The Hall–Kier alpha value is -4.11. The summed E-state index contributed by atoms with van der Waals surface area (Å²) < 4.78 is 7.43. The van der Waals surface area contributed by atoms with Gasteiger partial charge in [0.15, 0.2) is 6.61 Å². The van der Waals surface area contributed by atoms with Crippen molar-refractivity contribution < 1.29 is 9.53 Å². The number of pyridine rings is 1. The van der Waals surface area contributed by atoms with Gasteiger partial charge in [0.05, 0.1) is 11.3 Å². The molecule has 0 aliphatic rings. The van der Waals surface area contributed by atoms with E-state index in [0.29, 0.717) is 17.0 Å². The van der Waals surface area contributed by atoms with E-state index >= 15 is 0 Å². The fraction of sp³-hybridized carbons (Fsp3) is 0.0870. The van der Waals surface area contributed by atoms with Crippen LogP contribution in [-0.2, 0) is 4.79 Å². The number of benzene rings is 2. The van der Waals surface area contributed by atoms with Gasteiger partial charge in [0, 0.05) is 23.6 Å². The lowest BCUT2D eigenvalue weighted by Crippen LogP contribution is -2.20. The second-order valence-electron chi connectivity index (χ2n) is 6.62. The number of carbonyl (C=O) groups excluding carboxylic acids is 1. The maximum atomic E-state index is 12.2. The smallest absolute Gasteiger partial charge is 0.262 e. The van der Waals surface area contributed by atoms with E-state index in [9.17, 15) is 4.79 Å². The van der Waals surface area contributed by atoms with Gasteiger partial charge in [-0.15, -0.1) is 0 Å². The third kappa shape index (κ3) is 4.09. The summed E-state index contributed by atoms with van der Waals surface area (Å²) in [6.45, 7) is 1.86. The van der Waals surface area contributed by atoms with Gasteiger partial charge < -0.3 is 14.5 Å². The van der Waals surface area contributed by atoms with Crippen LogP contribution >= 0.6 is 0 Å². The van der Waals surface area contributed by atoms with Gasteiger partial charge in [0.25, 0.3) is 5.91 Å². The van der Waals surface area contributed by atoms with Crippen LogP contribution < -0.4 is 10.1 Å². The van der Waals surface area contributed by atoms with E-state index in [2.05, 4.69) is 10.3 Å². The molecule has 0 atom stereocenters. The minimum atomic E-state index is -0.298. The van der Waals surface area contributed by atoms with Crippen molar-refractivity contribution in [3.8, 4) is 23.1 Å².